The predicted octanol–water partition coefficient (Wildman–Crippen LogP) is 13.4. The molecule has 1 saturated carbocycles. The molecule has 6 rings (SSSR count). The molecule has 0 aromatic rings. The molecular formula is C54H115N5. The number of likely N-dealkylation sites (tertiary alicyclic amines) is 5. The maximum absolute atomic E-state index is 2.43. The summed E-state index contributed by atoms with van der Waals surface area (Å²) in [7, 11) is 11.0. The second-order valence-electron chi connectivity index (χ2n) is 27.1. The molecule has 5 aliphatic heterocycles. The summed E-state index contributed by atoms with van der Waals surface area (Å²) in [6.45, 7) is 55.1. The van der Waals surface area contributed by atoms with Crippen molar-refractivity contribution < 1.29 is 0 Å². The number of rotatable bonds is 0. The van der Waals surface area contributed by atoms with Crippen LogP contribution in [-0.2, 0) is 0 Å². The van der Waals surface area contributed by atoms with E-state index in [1.54, 1.807) is 0 Å². The van der Waals surface area contributed by atoms with Gasteiger partial charge in [-0.05, 0) is 155 Å². The quantitative estimate of drug-likeness (QED) is 0.241. The van der Waals surface area contributed by atoms with Crippen molar-refractivity contribution >= 4 is 0 Å². The molecule has 0 radical (unpaired) electrons. The Hall–Kier alpha value is -0.200. The summed E-state index contributed by atoms with van der Waals surface area (Å²) in [5, 5.41) is 0. The third-order valence-electron chi connectivity index (χ3n) is 15.3. The fourth-order valence-electron chi connectivity index (χ4n) is 9.39. The fourth-order valence-corrected chi connectivity index (χ4v) is 9.39. The lowest BCUT2D eigenvalue weighted by Crippen LogP contribution is -2.49. The molecule has 0 aromatic carbocycles. The molecule has 0 aromatic heterocycles. The zero-order chi connectivity index (χ0) is 45.1. The first-order valence-corrected chi connectivity index (χ1v) is 24.5. The first-order chi connectivity index (χ1) is 26.1. The van der Waals surface area contributed by atoms with Crippen LogP contribution in [0.5, 0.6) is 0 Å². The van der Waals surface area contributed by atoms with Crippen LogP contribution in [-0.4, -0.2) is 125 Å². The smallest absolute Gasteiger partial charge is 0.00240 e. The van der Waals surface area contributed by atoms with Gasteiger partial charge in [0.1, 0.15) is 0 Å². The monoisotopic (exact) mass is 834 g/mol. The summed E-state index contributed by atoms with van der Waals surface area (Å²) in [6, 6.07) is 0. The molecule has 5 nitrogen and oxygen atoms in total. The van der Waals surface area contributed by atoms with Crippen LogP contribution in [0.1, 0.15) is 183 Å². The van der Waals surface area contributed by atoms with E-state index < -0.39 is 0 Å². The SMILES string of the molecule is C.CC(C)(C)C1CCCCC1.CN1CC(C(C)(C)C)C1.CN1CC(C(C)(C)C)C1.CN1CCC(C(C)(C)C)C1.CN1CCC(C(C)(C)C)C1.CN1CCC(C(C)(C)C)C1. The highest BCUT2D eigenvalue weighted by Crippen LogP contribution is 2.38. The van der Waals surface area contributed by atoms with Gasteiger partial charge < -0.3 is 24.5 Å². The van der Waals surface area contributed by atoms with Crippen molar-refractivity contribution in [2.75, 3.05) is 101 Å². The van der Waals surface area contributed by atoms with Crippen molar-refractivity contribution in [3.8, 4) is 0 Å². The van der Waals surface area contributed by atoms with E-state index in [1.165, 1.54) is 117 Å². The van der Waals surface area contributed by atoms with Crippen LogP contribution in [0.4, 0.5) is 0 Å². The summed E-state index contributed by atoms with van der Waals surface area (Å²) in [6.07, 6.45) is 11.5. The minimum absolute atomic E-state index is 0. The van der Waals surface area contributed by atoms with Crippen LogP contribution >= 0.6 is 0 Å². The van der Waals surface area contributed by atoms with Crippen LogP contribution in [0.15, 0.2) is 0 Å². The van der Waals surface area contributed by atoms with Gasteiger partial charge in [-0.2, -0.15) is 0 Å². The van der Waals surface area contributed by atoms with E-state index in [2.05, 4.69) is 184 Å². The van der Waals surface area contributed by atoms with Gasteiger partial charge in [0.25, 0.3) is 0 Å². The van der Waals surface area contributed by atoms with E-state index >= 15 is 0 Å². The average Bonchev–Trinajstić information content (AvgIpc) is 3.79. The molecule has 1 aliphatic carbocycles. The highest BCUT2D eigenvalue weighted by Gasteiger charge is 2.35. The molecule has 0 spiro atoms. The normalized spacial score (nSPS) is 26.2. The van der Waals surface area contributed by atoms with Crippen LogP contribution < -0.4 is 0 Å². The molecule has 6 aliphatic rings. The van der Waals surface area contributed by atoms with E-state index in [0.29, 0.717) is 32.5 Å². The first kappa shape index (κ1) is 58.8. The Kier molecular flexibility index (Phi) is 24.7. The van der Waals surface area contributed by atoms with Crippen molar-refractivity contribution in [2.45, 2.75) is 183 Å². The second kappa shape index (κ2) is 24.8. The Morgan fingerprint density at radius 3 is 0.559 bits per heavy atom. The fraction of sp³-hybridized carbons (Fsp3) is 1.00. The molecule has 59 heavy (non-hydrogen) atoms. The van der Waals surface area contributed by atoms with E-state index in [-0.39, 0.29) is 7.43 Å². The zero-order valence-electron chi connectivity index (χ0n) is 44.4. The van der Waals surface area contributed by atoms with Gasteiger partial charge in [0.2, 0.25) is 0 Å². The summed E-state index contributed by atoms with van der Waals surface area (Å²) in [5.41, 5.74) is 3.19. The molecule has 5 saturated heterocycles. The molecule has 5 heteroatoms. The summed E-state index contributed by atoms with van der Waals surface area (Å²) >= 11 is 0. The number of nitrogens with zero attached hydrogens (tertiary/aromatic N) is 5. The average molecular weight is 835 g/mol. The van der Waals surface area contributed by atoms with E-state index in [9.17, 15) is 0 Å². The minimum Gasteiger partial charge on any atom is -0.306 e. The van der Waals surface area contributed by atoms with Gasteiger partial charge in [-0.25, -0.2) is 0 Å². The minimum atomic E-state index is 0. The summed E-state index contributed by atoms with van der Waals surface area (Å²) in [4.78, 5) is 12.0. The Morgan fingerprint density at radius 2 is 0.458 bits per heavy atom. The highest BCUT2D eigenvalue weighted by atomic mass is 15.2. The largest absolute Gasteiger partial charge is 0.306 e. The Morgan fingerprint density at radius 1 is 0.254 bits per heavy atom. The zero-order valence-corrected chi connectivity index (χ0v) is 44.4. The van der Waals surface area contributed by atoms with Crippen molar-refractivity contribution in [2.24, 2.45) is 68.0 Å². The maximum atomic E-state index is 2.43. The highest BCUT2D eigenvalue weighted by molar-refractivity contribution is 4.87. The van der Waals surface area contributed by atoms with E-state index in [4.69, 9.17) is 0 Å². The lowest BCUT2D eigenvalue weighted by molar-refractivity contribution is 0.0459. The molecule has 6 fully saturated rings. The van der Waals surface area contributed by atoms with Gasteiger partial charge in [0.05, 0.1) is 0 Å². The molecule has 5 heterocycles. The molecule has 0 bridgehead atoms. The van der Waals surface area contributed by atoms with Crippen LogP contribution in [0.3, 0.4) is 0 Å². The Balaban J connectivity index is 0.000000682. The van der Waals surface area contributed by atoms with Gasteiger partial charge in [0.15, 0.2) is 0 Å². The van der Waals surface area contributed by atoms with Gasteiger partial charge >= 0.3 is 0 Å². The van der Waals surface area contributed by atoms with E-state index in [1.807, 2.05) is 0 Å². The lowest BCUT2D eigenvalue weighted by atomic mass is 9.72. The van der Waals surface area contributed by atoms with Gasteiger partial charge in [-0.1, -0.05) is 151 Å². The lowest BCUT2D eigenvalue weighted by Gasteiger charge is -2.44. The van der Waals surface area contributed by atoms with Gasteiger partial charge in [-0.15, -0.1) is 0 Å². The van der Waals surface area contributed by atoms with Crippen LogP contribution in [0.25, 0.3) is 0 Å². The molecular weight excluding hydrogens is 719 g/mol. The van der Waals surface area contributed by atoms with E-state index in [0.717, 1.165) is 35.5 Å². The van der Waals surface area contributed by atoms with Crippen molar-refractivity contribution in [3.63, 3.8) is 0 Å². The first-order valence-electron chi connectivity index (χ1n) is 24.5. The third kappa shape index (κ3) is 23.9. The molecule has 356 valence electrons. The Labute approximate surface area is 375 Å². The van der Waals surface area contributed by atoms with Crippen molar-refractivity contribution in [1.82, 2.24) is 24.5 Å². The third-order valence-corrected chi connectivity index (χ3v) is 15.3. The molecule has 3 unspecified atom stereocenters. The van der Waals surface area contributed by atoms with Gasteiger partial charge in [-0.3, -0.25) is 0 Å². The second-order valence-corrected chi connectivity index (χ2v) is 27.1. The molecule has 3 atom stereocenters. The van der Waals surface area contributed by atoms with Crippen molar-refractivity contribution in [3.05, 3.63) is 0 Å². The standard InChI is InChI=1S/C10H20.3C9H19N.2C8H17N.CH4/c1-10(2,3)9-7-5-4-6-8-9;3*1-9(2,3)8-5-6-10(4)7-8;2*1-8(2,3)7-5-9(4)6-7;/h9H,4-8H2,1-3H3;3*8H,5-7H2,1-4H3;2*7H,5-6H2,1-4H3;1H4. The maximum Gasteiger partial charge on any atom is 0.00240 e. The summed E-state index contributed by atoms with van der Waals surface area (Å²) in [5.74, 6) is 5.61. The Bertz CT molecular complexity index is 947. The topological polar surface area (TPSA) is 16.2 Å². The van der Waals surface area contributed by atoms with Crippen LogP contribution in [0.2, 0.25) is 0 Å². The number of hydrogen-bond donors (Lipinski definition) is 0. The molecule has 0 amide bonds. The molecule has 0 N–H and O–H groups in total. The summed E-state index contributed by atoms with van der Waals surface area (Å²) < 4.78 is 0. The van der Waals surface area contributed by atoms with Crippen LogP contribution in [0, 0.1) is 68.0 Å². The predicted molar refractivity (Wildman–Crippen MR) is 269 cm³/mol. The van der Waals surface area contributed by atoms with Gasteiger partial charge in [0, 0.05) is 45.8 Å². The van der Waals surface area contributed by atoms with Crippen molar-refractivity contribution in [1.29, 1.82) is 0 Å². The number of hydrogen-bond acceptors (Lipinski definition) is 5.